The van der Waals surface area contributed by atoms with Gasteiger partial charge in [0.1, 0.15) is 0 Å². The number of sulfonamides is 1. The molecule has 138 valence electrons. The van der Waals surface area contributed by atoms with Gasteiger partial charge in [0.25, 0.3) is 5.69 Å². The van der Waals surface area contributed by atoms with E-state index in [0.29, 0.717) is 0 Å². The summed E-state index contributed by atoms with van der Waals surface area (Å²) in [5.74, 6) is -0.342. The molecule has 0 aliphatic rings. The summed E-state index contributed by atoms with van der Waals surface area (Å²) < 4.78 is 26.5. The monoisotopic (exact) mass is 395 g/mol. The summed E-state index contributed by atoms with van der Waals surface area (Å²) in [5, 5.41) is 13.3. The number of carbonyl (C=O) groups excluding carboxylic acids is 1. The van der Waals surface area contributed by atoms with Crippen LogP contribution in [0.3, 0.4) is 0 Å². The molecular formula is C16H17N3O5S2. The smallest absolute Gasteiger partial charge is 0.270 e. The second-order valence-corrected chi connectivity index (χ2v) is 8.31. The minimum Gasteiger partial charge on any atom is -0.351 e. The molecule has 2 N–H and O–H groups in total. The summed E-state index contributed by atoms with van der Waals surface area (Å²) in [4.78, 5) is 23.6. The standard InChI is InChI=1S/C16H17N3O5S2/c1-12-5-6-14(25-12)7-8-16(20)17-9-10-18-26(23,24)15-4-2-3-13(11-15)19(21)22/h2-8,11,18H,9-10H2,1H3,(H,17,20)/b8-7+. The molecule has 0 bridgehead atoms. The lowest BCUT2D eigenvalue weighted by molar-refractivity contribution is -0.385. The molecule has 0 saturated carbocycles. The Bertz CT molecular complexity index is 935. The maximum atomic E-state index is 12.1. The molecule has 1 aromatic heterocycles. The highest BCUT2D eigenvalue weighted by Crippen LogP contribution is 2.17. The molecule has 10 heteroatoms. The Hall–Kier alpha value is -2.56. The third kappa shape index (κ3) is 5.76. The molecule has 26 heavy (non-hydrogen) atoms. The van der Waals surface area contributed by atoms with Gasteiger partial charge >= 0.3 is 0 Å². The number of nitrogens with one attached hydrogen (secondary N) is 2. The summed E-state index contributed by atoms with van der Waals surface area (Å²) in [6.07, 6.45) is 3.06. The van der Waals surface area contributed by atoms with Gasteiger partial charge in [-0.3, -0.25) is 14.9 Å². The van der Waals surface area contributed by atoms with Gasteiger partial charge in [-0.15, -0.1) is 11.3 Å². The number of non-ortho nitro benzene ring substituents is 1. The first kappa shape index (κ1) is 19.8. The first-order valence-electron chi connectivity index (χ1n) is 7.54. The van der Waals surface area contributed by atoms with Crippen LogP contribution in [0.4, 0.5) is 5.69 Å². The van der Waals surface area contributed by atoms with E-state index in [-0.39, 0.29) is 29.6 Å². The number of amides is 1. The highest BCUT2D eigenvalue weighted by molar-refractivity contribution is 7.89. The Morgan fingerprint density at radius 2 is 2.04 bits per heavy atom. The lowest BCUT2D eigenvalue weighted by Crippen LogP contribution is -2.34. The van der Waals surface area contributed by atoms with E-state index in [0.717, 1.165) is 15.8 Å². The first-order chi connectivity index (χ1) is 12.3. The summed E-state index contributed by atoms with van der Waals surface area (Å²) in [5.41, 5.74) is -0.310. The van der Waals surface area contributed by atoms with Crippen molar-refractivity contribution in [2.24, 2.45) is 0 Å². The van der Waals surface area contributed by atoms with Gasteiger partial charge in [-0.2, -0.15) is 0 Å². The number of nitro benzene ring substituents is 1. The van der Waals surface area contributed by atoms with Crippen LogP contribution in [0.5, 0.6) is 0 Å². The molecule has 1 amide bonds. The normalized spacial score (nSPS) is 11.6. The molecule has 0 spiro atoms. The minimum atomic E-state index is -3.89. The van der Waals surface area contributed by atoms with Gasteiger partial charge in [0.2, 0.25) is 15.9 Å². The molecule has 1 heterocycles. The van der Waals surface area contributed by atoms with Crippen molar-refractivity contribution in [3.63, 3.8) is 0 Å². The summed E-state index contributed by atoms with van der Waals surface area (Å²) in [6, 6.07) is 8.60. The Labute approximate surface area is 154 Å². The number of aryl methyl sites for hydroxylation is 1. The van der Waals surface area contributed by atoms with E-state index in [1.165, 1.54) is 24.3 Å². The molecule has 1 aromatic carbocycles. The third-order valence-electron chi connectivity index (χ3n) is 3.22. The Kier molecular flexibility index (Phi) is 6.61. The van der Waals surface area contributed by atoms with E-state index < -0.39 is 14.9 Å². The zero-order chi connectivity index (χ0) is 19.2. The molecule has 0 atom stereocenters. The van der Waals surface area contributed by atoms with E-state index >= 15 is 0 Å². The van der Waals surface area contributed by atoms with Crippen LogP contribution in [-0.4, -0.2) is 32.3 Å². The maximum absolute atomic E-state index is 12.1. The Morgan fingerprint density at radius 3 is 2.69 bits per heavy atom. The van der Waals surface area contributed by atoms with Gasteiger partial charge in [0, 0.05) is 41.1 Å². The van der Waals surface area contributed by atoms with E-state index in [1.54, 1.807) is 17.4 Å². The fraction of sp³-hybridized carbons (Fsp3) is 0.188. The van der Waals surface area contributed by atoms with Crippen molar-refractivity contribution in [1.82, 2.24) is 10.0 Å². The SMILES string of the molecule is Cc1ccc(/C=C/C(=O)NCCNS(=O)(=O)c2cccc([N+](=O)[O-])c2)s1. The average molecular weight is 395 g/mol. The lowest BCUT2D eigenvalue weighted by atomic mass is 10.3. The van der Waals surface area contributed by atoms with E-state index in [1.807, 2.05) is 19.1 Å². The highest BCUT2D eigenvalue weighted by Gasteiger charge is 2.16. The van der Waals surface area contributed by atoms with Crippen molar-refractivity contribution < 1.29 is 18.1 Å². The fourth-order valence-electron chi connectivity index (χ4n) is 1.98. The number of benzene rings is 1. The molecule has 2 rings (SSSR count). The molecular weight excluding hydrogens is 378 g/mol. The second kappa shape index (κ2) is 8.70. The molecule has 0 radical (unpaired) electrons. The van der Waals surface area contributed by atoms with Crippen LogP contribution in [0.15, 0.2) is 47.4 Å². The van der Waals surface area contributed by atoms with Crippen molar-refractivity contribution in [3.05, 3.63) is 62.3 Å². The Balaban J connectivity index is 1.83. The molecule has 0 aliphatic heterocycles. The number of carbonyl (C=O) groups is 1. The number of hydrogen-bond acceptors (Lipinski definition) is 6. The van der Waals surface area contributed by atoms with Crippen LogP contribution in [0, 0.1) is 17.0 Å². The predicted molar refractivity (Wildman–Crippen MR) is 99.4 cm³/mol. The molecule has 8 nitrogen and oxygen atoms in total. The average Bonchev–Trinajstić information content (AvgIpc) is 3.02. The van der Waals surface area contributed by atoms with E-state index in [4.69, 9.17) is 0 Å². The largest absolute Gasteiger partial charge is 0.351 e. The van der Waals surface area contributed by atoms with Crippen LogP contribution >= 0.6 is 11.3 Å². The number of nitro groups is 1. The predicted octanol–water partition coefficient (Wildman–Crippen LogP) is 2.07. The summed E-state index contributed by atoms with van der Waals surface area (Å²) >= 11 is 1.56. The first-order valence-corrected chi connectivity index (χ1v) is 9.84. The van der Waals surface area contributed by atoms with E-state index in [2.05, 4.69) is 10.0 Å². The zero-order valence-electron chi connectivity index (χ0n) is 13.8. The van der Waals surface area contributed by atoms with Crippen molar-refractivity contribution >= 4 is 39.0 Å². The van der Waals surface area contributed by atoms with Crippen LogP contribution in [0.2, 0.25) is 0 Å². The number of nitrogens with zero attached hydrogens (tertiary/aromatic N) is 1. The minimum absolute atomic E-state index is 0.0390. The van der Waals surface area contributed by atoms with E-state index in [9.17, 15) is 23.3 Å². The zero-order valence-corrected chi connectivity index (χ0v) is 15.5. The molecule has 0 unspecified atom stereocenters. The van der Waals surface area contributed by atoms with Crippen molar-refractivity contribution in [3.8, 4) is 0 Å². The van der Waals surface area contributed by atoms with Gasteiger partial charge in [0.05, 0.1) is 9.82 Å². The van der Waals surface area contributed by atoms with Crippen molar-refractivity contribution in [2.75, 3.05) is 13.1 Å². The van der Waals surface area contributed by atoms with Crippen molar-refractivity contribution in [2.45, 2.75) is 11.8 Å². The lowest BCUT2D eigenvalue weighted by Gasteiger charge is -2.07. The number of hydrogen-bond donors (Lipinski definition) is 2. The van der Waals surface area contributed by atoms with Crippen LogP contribution in [0.25, 0.3) is 6.08 Å². The van der Waals surface area contributed by atoms with Gasteiger partial charge in [-0.25, -0.2) is 13.1 Å². The number of thiophene rings is 1. The van der Waals surface area contributed by atoms with Gasteiger partial charge in [-0.1, -0.05) is 6.07 Å². The van der Waals surface area contributed by atoms with Crippen LogP contribution < -0.4 is 10.0 Å². The van der Waals surface area contributed by atoms with Crippen LogP contribution in [-0.2, 0) is 14.8 Å². The topological polar surface area (TPSA) is 118 Å². The molecule has 0 fully saturated rings. The second-order valence-electron chi connectivity index (χ2n) is 5.23. The molecule has 0 aliphatic carbocycles. The van der Waals surface area contributed by atoms with Crippen molar-refractivity contribution in [1.29, 1.82) is 0 Å². The Morgan fingerprint density at radius 1 is 1.27 bits per heavy atom. The van der Waals surface area contributed by atoms with Gasteiger partial charge < -0.3 is 5.32 Å². The summed E-state index contributed by atoms with van der Waals surface area (Å²) in [7, 11) is -3.89. The highest BCUT2D eigenvalue weighted by atomic mass is 32.2. The van der Waals surface area contributed by atoms with Gasteiger partial charge in [0.15, 0.2) is 0 Å². The fourth-order valence-corrected chi connectivity index (χ4v) is 3.83. The molecule has 0 saturated heterocycles. The summed E-state index contributed by atoms with van der Waals surface area (Å²) in [6.45, 7) is 2.01. The quantitative estimate of drug-likeness (QED) is 0.307. The van der Waals surface area contributed by atoms with Crippen LogP contribution in [0.1, 0.15) is 9.75 Å². The maximum Gasteiger partial charge on any atom is 0.270 e. The number of rotatable bonds is 8. The van der Waals surface area contributed by atoms with Gasteiger partial charge in [-0.05, 0) is 31.2 Å². The molecule has 2 aromatic rings. The third-order valence-corrected chi connectivity index (χ3v) is 5.64.